The van der Waals surface area contributed by atoms with Crippen LogP contribution in [0.15, 0.2) is 60.7 Å². The van der Waals surface area contributed by atoms with Crippen LogP contribution in [0.5, 0.6) is 0 Å². The van der Waals surface area contributed by atoms with E-state index >= 15 is 0 Å². The summed E-state index contributed by atoms with van der Waals surface area (Å²) in [6.07, 6.45) is 0.304. The first kappa shape index (κ1) is 22.3. The SMILES string of the molecule is COC(=O)CCCS(=O)(=O)N[Si](c1ccccc1)(c1ccccc1)C(C)(C)C. The van der Waals surface area contributed by atoms with Crippen molar-refractivity contribution in [3.8, 4) is 0 Å². The maximum absolute atomic E-state index is 13.1. The summed E-state index contributed by atoms with van der Waals surface area (Å²) in [4.78, 5) is 11.4. The fourth-order valence-electron chi connectivity index (χ4n) is 3.47. The van der Waals surface area contributed by atoms with Crippen LogP contribution in [0.4, 0.5) is 0 Å². The molecular formula is C21H29NO4SSi. The molecule has 7 heteroatoms. The highest BCUT2D eigenvalue weighted by Gasteiger charge is 2.50. The van der Waals surface area contributed by atoms with Gasteiger partial charge in [-0.15, -0.1) is 0 Å². The van der Waals surface area contributed by atoms with E-state index in [9.17, 15) is 13.2 Å². The van der Waals surface area contributed by atoms with Gasteiger partial charge in [-0.3, -0.25) is 4.79 Å². The molecule has 0 fully saturated rings. The number of nitrogens with one attached hydrogen (secondary N) is 1. The topological polar surface area (TPSA) is 72.5 Å². The highest BCUT2D eigenvalue weighted by atomic mass is 32.2. The smallest absolute Gasteiger partial charge is 0.305 e. The molecule has 0 unspecified atom stereocenters. The fraction of sp³-hybridized carbons (Fsp3) is 0.381. The highest BCUT2D eigenvalue weighted by molar-refractivity contribution is 7.91. The van der Waals surface area contributed by atoms with Gasteiger partial charge in [0.2, 0.25) is 18.3 Å². The number of esters is 1. The largest absolute Gasteiger partial charge is 0.469 e. The summed E-state index contributed by atoms with van der Waals surface area (Å²) in [5.41, 5.74) is 0. The molecule has 0 aromatic heterocycles. The zero-order valence-corrected chi connectivity index (χ0v) is 18.8. The van der Waals surface area contributed by atoms with Crippen LogP contribution in [0, 0.1) is 0 Å². The Bertz CT molecular complexity index is 838. The van der Waals surface area contributed by atoms with Gasteiger partial charge in [-0.2, -0.15) is 0 Å². The van der Waals surface area contributed by atoms with Crippen LogP contribution in [0.3, 0.4) is 0 Å². The lowest BCUT2D eigenvalue weighted by atomic mass is 10.2. The minimum Gasteiger partial charge on any atom is -0.469 e. The van der Waals surface area contributed by atoms with Crippen LogP contribution in [0.25, 0.3) is 0 Å². The molecule has 28 heavy (non-hydrogen) atoms. The number of hydrogen-bond acceptors (Lipinski definition) is 4. The molecule has 0 radical (unpaired) electrons. The second-order valence-corrected chi connectivity index (χ2v) is 14.4. The predicted molar refractivity (Wildman–Crippen MR) is 116 cm³/mol. The van der Waals surface area contributed by atoms with Crippen LogP contribution in [-0.4, -0.2) is 35.5 Å². The Labute approximate surface area is 169 Å². The minimum absolute atomic E-state index is 0.0815. The maximum atomic E-state index is 13.1. The second-order valence-electron chi connectivity index (χ2n) is 7.83. The van der Waals surface area contributed by atoms with Gasteiger partial charge >= 0.3 is 5.97 Å². The Balaban J connectivity index is 2.51. The molecule has 5 nitrogen and oxygen atoms in total. The molecule has 152 valence electrons. The zero-order valence-electron chi connectivity index (χ0n) is 16.9. The zero-order chi connectivity index (χ0) is 20.8. The number of methoxy groups -OCH3 is 1. The summed E-state index contributed by atoms with van der Waals surface area (Å²) in [5, 5.41) is 1.68. The summed E-state index contributed by atoms with van der Waals surface area (Å²) < 4.78 is 33.9. The fourth-order valence-corrected chi connectivity index (χ4v) is 11.9. The van der Waals surface area contributed by atoms with Gasteiger partial charge < -0.3 is 4.74 Å². The molecule has 2 aromatic carbocycles. The number of carbonyl (C=O) groups is 1. The third-order valence-electron chi connectivity index (χ3n) is 4.87. The minimum atomic E-state index is -3.62. The van der Waals surface area contributed by atoms with Crippen LogP contribution in [0.1, 0.15) is 33.6 Å². The number of sulfonamides is 1. The van der Waals surface area contributed by atoms with Crippen LogP contribution >= 0.6 is 0 Å². The molecule has 0 aliphatic rings. The maximum Gasteiger partial charge on any atom is 0.305 e. The van der Waals surface area contributed by atoms with Crippen molar-refractivity contribution in [2.24, 2.45) is 0 Å². The Morgan fingerprint density at radius 1 is 0.964 bits per heavy atom. The quantitative estimate of drug-likeness (QED) is 0.527. The van der Waals surface area contributed by atoms with E-state index in [0.29, 0.717) is 0 Å². The molecular weight excluding hydrogens is 390 g/mol. The molecule has 2 aromatic rings. The lowest BCUT2D eigenvalue weighted by Gasteiger charge is -2.43. The van der Waals surface area contributed by atoms with Crippen molar-refractivity contribution >= 4 is 34.6 Å². The molecule has 0 aliphatic carbocycles. The van der Waals surface area contributed by atoms with Crippen molar-refractivity contribution in [2.45, 2.75) is 38.7 Å². The van der Waals surface area contributed by atoms with Crippen molar-refractivity contribution in [3.63, 3.8) is 0 Å². The van der Waals surface area contributed by atoms with Crippen LogP contribution < -0.4 is 14.8 Å². The van der Waals surface area contributed by atoms with Gasteiger partial charge in [0, 0.05) is 6.42 Å². The van der Waals surface area contributed by atoms with Crippen molar-refractivity contribution in [2.75, 3.05) is 12.9 Å². The van der Waals surface area contributed by atoms with Gasteiger partial charge in [0.15, 0.2) is 0 Å². The monoisotopic (exact) mass is 419 g/mol. The van der Waals surface area contributed by atoms with E-state index in [-0.39, 0.29) is 23.6 Å². The summed E-state index contributed by atoms with van der Waals surface area (Å²) in [6.45, 7) is 6.24. The molecule has 0 spiro atoms. The third-order valence-corrected chi connectivity index (χ3v) is 12.8. The molecule has 0 heterocycles. The highest BCUT2D eigenvalue weighted by Crippen LogP contribution is 2.34. The molecule has 0 amide bonds. The first-order valence-electron chi connectivity index (χ1n) is 9.32. The summed E-state index contributed by atoms with van der Waals surface area (Å²) in [7, 11) is -5.24. The Hall–Kier alpha value is -1.96. The van der Waals surface area contributed by atoms with Gasteiger partial charge in [0.05, 0.1) is 12.9 Å². The second kappa shape index (κ2) is 9.02. The lowest BCUT2D eigenvalue weighted by Crippen LogP contribution is -2.75. The average Bonchev–Trinajstić information content (AvgIpc) is 2.66. The first-order valence-corrected chi connectivity index (χ1v) is 13.0. The standard InChI is InChI=1S/C21H29NO4SSi/c1-21(2,3)28(18-12-7-5-8-13-18,19-14-9-6-10-15-19)22-27(24,25)17-11-16-20(23)26-4/h5-10,12-15,22H,11,16-17H2,1-4H3. The van der Waals surface area contributed by atoms with Gasteiger partial charge in [0.1, 0.15) is 0 Å². The Morgan fingerprint density at radius 2 is 1.43 bits per heavy atom. The summed E-state index contributed by atoms with van der Waals surface area (Å²) in [6, 6.07) is 19.6. The summed E-state index contributed by atoms with van der Waals surface area (Å²) >= 11 is 0. The Morgan fingerprint density at radius 3 is 1.82 bits per heavy atom. The molecule has 0 bridgehead atoms. The van der Waals surface area contributed by atoms with Crippen molar-refractivity contribution in [1.29, 1.82) is 0 Å². The van der Waals surface area contributed by atoms with Crippen LogP contribution in [-0.2, 0) is 19.6 Å². The van der Waals surface area contributed by atoms with Crippen LogP contribution in [0.2, 0.25) is 5.04 Å². The molecule has 0 saturated heterocycles. The van der Waals surface area contributed by atoms with Crippen molar-refractivity contribution < 1.29 is 17.9 Å². The Kier molecular flexibility index (Phi) is 7.20. The van der Waals surface area contributed by atoms with Crippen molar-refractivity contribution in [1.82, 2.24) is 4.39 Å². The van der Waals surface area contributed by atoms with E-state index in [0.717, 1.165) is 10.4 Å². The number of hydrogen-bond donors (Lipinski definition) is 1. The number of ether oxygens (including phenoxy) is 1. The molecule has 1 N–H and O–H groups in total. The number of carbonyl (C=O) groups excluding carboxylic acids is 1. The first-order chi connectivity index (χ1) is 13.1. The van der Waals surface area contributed by atoms with E-state index in [1.54, 1.807) is 0 Å². The molecule has 2 rings (SSSR count). The molecule has 0 aliphatic heterocycles. The van der Waals surface area contributed by atoms with E-state index in [1.807, 2.05) is 60.7 Å². The van der Waals surface area contributed by atoms with Gasteiger partial charge in [0.25, 0.3) is 0 Å². The summed E-state index contributed by atoms with van der Waals surface area (Å²) in [5.74, 6) is -0.521. The van der Waals surface area contributed by atoms with E-state index in [2.05, 4.69) is 29.9 Å². The molecule has 0 atom stereocenters. The average molecular weight is 420 g/mol. The van der Waals surface area contributed by atoms with Gasteiger partial charge in [-0.05, 0) is 21.8 Å². The number of rotatable bonds is 8. The van der Waals surface area contributed by atoms with Crippen molar-refractivity contribution in [3.05, 3.63) is 60.7 Å². The number of benzene rings is 2. The lowest BCUT2D eigenvalue weighted by molar-refractivity contribution is -0.140. The van der Waals surface area contributed by atoms with Gasteiger partial charge in [-0.25, -0.2) is 12.8 Å². The van der Waals surface area contributed by atoms with E-state index < -0.39 is 24.2 Å². The third kappa shape index (κ3) is 5.10. The van der Waals surface area contributed by atoms with Gasteiger partial charge in [-0.1, -0.05) is 81.4 Å². The van der Waals surface area contributed by atoms with E-state index in [1.165, 1.54) is 7.11 Å². The van der Waals surface area contributed by atoms with E-state index in [4.69, 9.17) is 0 Å². The normalized spacial score (nSPS) is 12.6. The molecule has 0 saturated carbocycles. The predicted octanol–water partition coefficient (Wildman–Crippen LogP) is 2.42.